The number of hydrogen-bond acceptors (Lipinski definition) is 1. The van der Waals surface area contributed by atoms with Crippen LogP contribution in [0.1, 0.15) is 44.1 Å². The molecule has 0 atom stereocenters. The van der Waals surface area contributed by atoms with Crippen molar-refractivity contribution in [3.05, 3.63) is 29.3 Å². The second kappa shape index (κ2) is 4.94. The topological polar surface area (TPSA) is 12.4 Å². The monoisotopic (exact) mass is 237 g/mol. The first-order chi connectivity index (χ1) is 8.13. The lowest BCUT2D eigenvalue weighted by molar-refractivity contribution is 0.339. The molecule has 1 aliphatic rings. The summed E-state index contributed by atoms with van der Waals surface area (Å²) >= 11 is 0. The third kappa shape index (κ3) is 2.38. The molecule has 1 saturated carbocycles. The molecule has 0 radical (unpaired) electrons. The third-order valence-electron chi connectivity index (χ3n) is 3.72. The number of benzene rings is 1. The lowest BCUT2D eigenvalue weighted by Crippen LogP contribution is -2.12. The molecule has 2 rings (SSSR count). The molecule has 0 aliphatic heterocycles. The Morgan fingerprint density at radius 1 is 1.12 bits per heavy atom. The Morgan fingerprint density at radius 3 is 2.35 bits per heavy atom. The summed E-state index contributed by atoms with van der Waals surface area (Å²) in [6, 6.07) is 3.17. The van der Waals surface area contributed by atoms with Crippen LogP contribution in [0.3, 0.4) is 0 Å². The second-order valence-electron chi connectivity index (χ2n) is 4.92. The fourth-order valence-electron chi connectivity index (χ4n) is 2.56. The molecule has 0 spiro atoms. The van der Waals surface area contributed by atoms with Gasteiger partial charge in [0.15, 0.2) is 11.6 Å². The van der Waals surface area contributed by atoms with Crippen molar-refractivity contribution in [1.82, 2.24) is 0 Å². The van der Waals surface area contributed by atoms with Crippen molar-refractivity contribution < 1.29 is 8.78 Å². The summed E-state index contributed by atoms with van der Waals surface area (Å²) in [6.07, 6.45) is 4.07. The zero-order valence-electron chi connectivity index (χ0n) is 10.0. The van der Waals surface area contributed by atoms with Crippen LogP contribution in [-0.4, -0.2) is 6.72 Å². The minimum absolute atomic E-state index is 0.00423. The SMILES string of the molecule is C=Nc1ccc(C2CCC(C)CC2)c(F)c1F. The van der Waals surface area contributed by atoms with Crippen LogP contribution in [-0.2, 0) is 0 Å². The fraction of sp³-hybridized carbons (Fsp3) is 0.500. The van der Waals surface area contributed by atoms with E-state index in [0.717, 1.165) is 25.7 Å². The first-order valence-electron chi connectivity index (χ1n) is 6.08. The van der Waals surface area contributed by atoms with E-state index in [4.69, 9.17) is 0 Å². The fourth-order valence-corrected chi connectivity index (χ4v) is 2.56. The number of hydrogen-bond donors (Lipinski definition) is 0. The third-order valence-corrected chi connectivity index (χ3v) is 3.72. The lowest BCUT2D eigenvalue weighted by atomic mass is 9.79. The van der Waals surface area contributed by atoms with Gasteiger partial charge in [0.25, 0.3) is 0 Å². The summed E-state index contributed by atoms with van der Waals surface area (Å²) in [6.45, 7) is 5.43. The summed E-state index contributed by atoms with van der Waals surface area (Å²) < 4.78 is 27.5. The smallest absolute Gasteiger partial charge is 0.184 e. The molecule has 3 heteroatoms. The number of rotatable bonds is 2. The van der Waals surface area contributed by atoms with E-state index in [1.807, 2.05) is 0 Å². The van der Waals surface area contributed by atoms with Crippen molar-refractivity contribution in [2.45, 2.75) is 38.5 Å². The summed E-state index contributed by atoms with van der Waals surface area (Å²) in [4.78, 5) is 3.46. The summed E-state index contributed by atoms with van der Waals surface area (Å²) in [7, 11) is 0. The Labute approximate surface area is 101 Å². The highest BCUT2D eigenvalue weighted by molar-refractivity contribution is 5.48. The van der Waals surface area contributed by atoms with Crippen LogP contribution in [0.2, 0.25) is 0 Å². The Morgan fingerprint density at radius 2 is 1.76 bits per heavy atom. The molecule has 1 fully saturated rings. The first kappa shape index (κ1) is 12.2. The van der Waals surface area contributed by atoms with Crippen molar-refractivity contribution in [3.63, 3.8) is 0 Å². The Balaban J connectivity index is 2.27. The van der Waals surface area contributed by atoms with Crippen LogP contribution in [0, 0.1) is 17.6 Å². The molecule has 1 nitrogen and oxygen atoms in total. The quantitative estimate of drug-likeness (QED) is 0.667. The Kier molecular flexibility index (Phi) is 3.55. The summed E-state index contributed by atoms with van der Waals surface area (Å²) in [5.74, 6) is -0.751. The number of halogens is 2. The molecule has 0 amide bonds. The molecule has 1 aromatic carbocycles. The van der Waals surface area contributed by atoms with Crippen molar-refractivity contribution >= 4 is 12.4 Å². The van der Waals surface area contributed by atoms with Crippen LogP contribution in [0.4, 0.5) is 14.5 Å². The highest BCUT2D eigenvalue weighted by Gasteiger charge is 2.24. The van der Waals surface area contributed by atoms with Crippen LogP contribution in [0.5, 0.6) is 0 Å². The minimum atomic E-state index is -0.865. The van der Waals surface area contributed by atoms with Gasteiger partial charge in [0.05, 0.1) is 0 Å². The van der Waals surface area contributed by atoms with Gasteiger partial charge in [-0.05, 0) is 43.0 Å². The molecule has 0 saturated heterocycles. The predicted octanol–water partition coefficient (Wildman–Crippen LogP) is 4.59. The summed E-state index contributed by atoms with van der Waals surface area (Å²) in [5, 5.41) is 0. The first-order valence-corrected chi connectivity index (χ1v) is 6.08. The molecular formula is C14H17F2N. The zero-order chi connectivity index (χ0) is 12.4. The van der Waals surface area contributed by atoms with Crippen LogP contribution >= 0.6 is 0 Å². The van der Waals surface area contributed by atoms with Gasteiger partial charge in [-0.1, -0.05) is 25.8 Å². The molecule has 0 unspecified atom stereocenters. The van der Waals surface area contributed by atoms with Gasteiger partial charge in [-0.2, -0.15) is 0 Å². The molecule has 0 heterocycles. The van der Waals surface area contributed by atoms with E-state index >= 15 is 0 Å². The Bertz CT molecular complexity index is 420. The van der Waals surface area contributed by atoms with Crippen molar-refractivity contribution in [2.75, 3.05) is 0 Å². The summed E-state index contributed by atoms with van der Waals surface area (Å²) in [5.41, 5.74) is 0.497. The molecule has 1 aliphatic carbocycles. The molecule has 0 aromatic heterocycles. The van der Waals surface area contributed by atoms with Crippen molar-refractivity contribution in [2.24, 2.45) is 10.9 Å². The maximum Gasteiger partial charge on any atom is 0.184 e. The van der Waals surface area contributed by atoms with E-state index in [1.54, 1.807) is 6.07 Å². The van der Waals surface area contributed by atoms with Crippen LogP contribution in [0.15, 0.2) is 17.1 Å². The zero-order valence-corrected chi connectivity index (χ0v) is 10.0. The maximum absolute atomic E-state index is 13.9. The molecule has 92 valence electrons. The number of nitrogens with zero attached hydrogens (tertiary/aromatic N) is 1. The van der Waals surface area contributed by atoms with Crippen molar-refractivity contribution in [3.8, 4) is 0 Å². The lowest BCUT2D eigenvalue weighted by Gasteiger charge is -2.26. The highest BCUT2D eigenvalue weighted by Crippen LogP contribution is 2.38. The predicted molar refractivity (Wildman–Crippen MR) is 65.9 cm³/mol. The standard InChI is InChI=1S/C14H17F2N/c1-9-3-5-10(6-4-9)11-7-8-12(17-2)14(16)13(11)15/h7-10H,2-6H2,1H3. The molecule has 0 bridgehead atoms. The van der Waals surface area contributed by atoms with Gasteiger partial charge in [0.1, 0.15) is 5.69 Å². The van der Waals surface area contributed by atoms with Gasteiger partial charge in [-0.15, -0.1) is 0 Å². The van der Waals surface area contributed by atoms with Gasteiger partial charge < -0.3 is 0 Å². The van der Waals surface area contributed by atoms with Crippen LogP contribution < -0.4 is 0 Å². The molecule has 17 heavy (non-hydrogen) atoms. The minimum Gasteiger partial charge on any atom is -0.261 e. The van der Waals surface area contributed by atoms with Gasteiger partial charge in [-0.3, -0.25) is 4.99 Å². The van der Waals surface area contributed by atoms with Crippen molar-refractivity contribution in [1.29, 1.82) is 0 Å². The largest absolute Gasteiger partial charge is 0.261 e. The number of aliphatic imine (C=N–C) groups is 1. The maximum atomic E-state index is 13.9. The van der Waals surface area contributed by atoms with E-state index in [0.29, 0.717) is 11.5 Å². The Hall–Kier alpha value is -1.25. The van der Waals surface area contributed by atoms with Gasteiger partial charge in [-0.25, -0.2) is 8.78 Å². The average molecular weight is 237 g/mol. The average Bonchev–Trinajstić information content (AvgIpc) is 2.34. The van der Waals surface area contributed by atoms with Gasteiger partial charge in [0, 0.05) is 0 Å². The normalized spacial score (nSPS) is 24.6. The van der Waals surface area contributed by atoms with Gasteiger partial charge in [0.2, 0.25) is 0 Å². The van der Waals surface area contributed by atoms with E-state index in [1.165, 1.54) is 6.07 Å². The van der Waals surface area contributed by atoms with E-state index in [2.05, 4.69) is 18.6 Å². The molecular weight excluding hydrogens is 220 g/mol. The second-order valence-corrected chi connectivity index (χ2v) is 4.92. The van der Waals surface area contributed by atoms with Crippen LogP contribution in [0.25, 0.3) is 0 Å². The molecule has 0 N–H and O–H groups in total. The highest BCUT2D eigenvalue weighted by atomic mass is 19.2. The van der Waals surface area contributed by atoms with E-state index < -0.39 is 11.6 Å². The van der Waals surface area contributed by atoms with E-state index in [-0.39, 0.29) is 11.6 Å². The van der Waals surface area contributed by atoms with E-state index in [9.17, 15) is 8.78 Å². The molecule has 1 aromatic rings. The van der Waals surface area contributed by atoms with Gasteiger partial charge >= 0.3 is 0 Å².